The second-order valence-electron chi connectivity index (χ2n) is 3.81. The Morgan fingerprint density at radius 3 is 2.88 bits per heavy atom. The van der Waals surface area contributed by atoms with Gasteiger partial charge in [0.2, 0.25) is 5.91 Å². The Labute approximate surface area is 104 Å². The lowest BCUT2D eigenvalue weighted by Crippen LogP contribution is -2.49. The van der Waals surface area contributed by atoms with Crippen molar-refractivity contribution in [3.8, 4) is 0 Å². The van der Waals surface area contributed by atoms with Crippen molar-refractivity contribution in [3.05, 3.63) is 28.8 Å². The van der Waals surface area contributed by atoms with Crippen molar-refractivity contribution in [2.24, 2.45) is 0 Å². The van der Waals surface area contributed by atoms with E-state index in [1.165, 1.54) is 11.0 Å². The predicted octanol–water partition coefficient (Wildman–Crippen LogP) is 0.494. The van der Waals surface area contributed by atoms with Gasteiger partial charge < -0.3 is 16.0 Å². The fourth-order valence-corrected chi connectivity index (χ4v) is 1.79. The van der Waals surface area contributed by atoms with E-state index in [1.807, 2.05) is 0 Å². The first kappa shape index (κ1) is 11.7. The number of benzene rings is 1. The first-order valence-electron chi connectivity index (χ1n) is 5.19. The maximum Gasteiger partial charge on any atom is 0.254 e. The van der Waals surface area contributed by atoms with Gasteiger partial charge in [-0.1, -0.05) is 11.6 Å². The molecule has 17 heavy (non-hydrogen) atoms. The molecule has 0 spiro atoms. The van der Waals surface area contributed by atoms with Gasteiger partial charge in [0.1, 0.15) is 0 Å². The van der Waals surface area contributed by atoms with E-state index in [0.29, 0.717) is 29.4 Å². The Hall–Kier alpha value is -1.75. The van der Waals surface area contributed by atoms with Gasteiger partial charge in [0.25, 0.3) is 5.91 Å². The normalized spacial score (nSPS) is 15.6. The molecule has 0 aromatic heterocycles. The Kier molecular flexibility index (Phi) is 3.19. The average Bonchev–Trinajstić information content (AvgIpc) is 2.32. The number of nitrogen functional groups attached to an aromatic ring is 1. The highest BCUT2D eigenvalue weighted by atomic mass is 35.5. The van der Waals surface area contributed by atoms with Crippen LogP contribution in [0.4, 0.5) is 5.69 Å². The molecule has 0 aliphatic carbocycles. The zero-order chi connectivity index (χ0) is 12.4. The number of carbonyl (C=O) groups is 2. The zero-order valence-electron chi connectivity index (χ0n) is 9.07. The molecule has 6 heteroatoms. The minimum atomic E-state index is -0.205. The highest BCUT2D eigenvalue weighted by molar-refractivity contribution is 6.33. The van der Waals surface area contributed by atoms with Crippen LogP contribution < -0.4 is 11.1 Å². The summed E-state index contributed by atoms with van der Waals surface area (Å²) in [6, 6.07) is 4.71. The van der Waals surface area contributed by atoms with E-state index in [4.69, 9.17) is 17.3 Å². The minimum Gasteiger partial charge on any atom is -0.398 e. The maximum atomic E-state index is 12.1. The van der Waals surface area contributed by atoms with E-state index in [1.54, 1.807) is 12.1 Å². The summed E-state index contributed by atoms with van der Waals surface area (Å²) in [4.78, 5) is 24.7. The van der Waals surface area contributed by atoms with Crippen LogP contribution in [0.1, 0.15) is 10.4 Å². The summed E-state index contributed by atoms with van der Waals surface area (Å²) in [5, 5.41) is 3.07. The summed E-state index contributed by atoms with van der Waals surface area (Å²) < 4.78 is 0. The molecule has 1 aliphatic heterocycles. The van der Waals surface area contributed by atoms with E-state index in [2.05, 4.69) is 5.32 Å². The number of piperazine rings is 1. The maximum absolute atomic E-state index is 12.1. The molecule has 1 aliphatic rings. The average molecular weight is 254 g/mol. The summed E-state index contributed by atoms with van der Waals surface area (Å²) >= 11 is 5.78. The molecule has 1 fully saturated rings. The van der Waals surface area contributed by atoms with Crippen molar-refractivity contribution in [1.82, 2.24) is 10.2 Å². The lowest BCUT2D eigenvalue weighted by Gasteiger charge is -2.26. The molecule has 1 saturated heterocycles. The monoisotopic (exact) mass is 253 g/mol. The molecule has 0 bridgehead atoms. The van der Waals surface area contributed by atoms with E-state index in [-0.39, 0.29) is 18.4 Å². The third-order valence-electron chi connectivity index (χ3n) is 2.57. The number of nitrogens with two attached hydrogens (primary N) is 1. The predicted molar refractivity (Wildman–Crippen MR) is 64.8 cm³/mol. The fraction of sp³-hybridized carbons (Fsp3) is 0.273. The first-order chi connectivity index (χ1) is 8.08. The highest BCUT2D eigenvalue weighted by Gasteiger charge is 2.22. The van der Waals surface area contributed by atoms with Crippen molar-refractivity contribution in [2.45, 2.75) is 0 Å². The molecule has 90 valence electrons. The van der Waals surface area contributed by atoms with Crippen molar-refractivity contribution in [2.75, 3.05) is 25.4 Å². The number of hydrogen-bond donors (Lipinski definition) is 2. The third kappa shape index (κ3) is 2.50. The van der Waals surface area contributed by atoms with Crippen LogP contribution in [0.3, 0.4) is 0 Å². The molecule has 0 unspecified atom stereocenters. The SMILES string of the molecule is Nc1cc(C(=O)N2CCNC(=O)C2)ccc1Cl. The van der Waals surface area contributed by atoms with Gasteiger partial charge in [-0.3, -0.25) is 9.59 Å². The molecule has 0 radical (unpaired) electrons. The molecule has 1 heterocycles. The van der Waals surface area contributed by atoms with Gasteiger partial charge in [0.05, 0.1) is 17.3 Å². The summed E-state index contributed by atoms with van der Waals surface area (Å²) in [7, 11) is 0. The van der Waals surface area contributed by atoms with Crippen LogP contribution in [0.5, 0.6) is 0 Å². The van der Waals surface area contributed by atoms with E-state index < -0.39 is 0 Å². The van der Waals surface area contributed by atoms with Crippen LogP contribution >= 0.6 is 11.6 Å². The number of rotatable bonds is 1. The number of nitrogens with one attached hydrogen (secondary N) is 1. The second kappa shape index (κ2) is 4.63. The number of hydrogen-bond acceptors (Lipinski definition) is 3. The molecule has 2 amide bonds. The number of carbonyl (C=O) groups excluding carboxylic acids is 2. The summed E-state index contributed by atoms with van der Waals surface area (Å²) in [5.74, 6) is -0.352. The number of halogens is 1. The molecular formula is C11H12ClN3O2. The minimum absolute atomic E-state index is 0.0847. The van der Waals surface area contributed by atoms with Crippen molar-refractivity contribution in [3.63, 3.8) is 0 Å². The van der Waals surface area contributed by atoms with Crippen molar-refractivity contribution >= 4 is 29.1 Å². The Morgan fingerprint density at radius 2 is 2.24 bits per heavy atom. The van der Waals surface area contributed by atoms with E-state index in [0.717, 1.165) is 0 Å². The standard InChI is InChI=1S/C11H12ClN3O2/c12-8-2-1-7(5-9(8)13)11(17)15-4-3-14-10(16)6-15/h1-2,5H,3-4,6,13H2,(H,14,16). The smallest absolute Gasteiger partial charge is 0.254 e. The van der Waals surface area contributed by atoms with Gasteiger partial charge in [0, 0.05) is 18.7 Å². The van der Waals surface area contributed by atoms with E-state index in [9.17, 15) is 9.59 Å². The molecule has 3 N–H and O–H groups in total. The van der Waals surface area contributed by atoms with Gasteiger partial charge in [-0.15, -0.1) is 0 Å². The Balaban J connectivity index is 2.18. The molecule has 2 rings (SSSR count). The topological polar surface area (TPSA) is 75.4 Å². The fourth-order valence-electron chi connectivity index (χ4n) is 1.67. The van der Waals surface area contributed by atoms with E-state index >= 15 is 0 Å². The first-order valence-corrected chi connectivity index (χ1v) is 5.57. The summed E-state index contributed by atoms with van der Waals surface area (Å²) in [6.45, 7) is 1.07. The van der Waals surface area contributed by atoms with Gasteiger partial charge >= 0.3 is 0 Å². The van der Waals surface area contributed by atoms with Crippen LogP contribution in [0.2, 0.25) is 5.02 Å². The molecular weight excluding hydrogens is 242 g/mol. The highest BCUT2D eigenvalue weighted by Crippen LogP contribution is 2.20. The van der Waals surface area contributed by atoms with Gasteiger partial charge in [-0.25, -0.2) is 0 Å². The number of amides is 2. The molecule has 0 saturated carbocycles. The van der Waals surface area contributed by atoms with Crippen LogP contribution in [0.15, 0.2) is 18.2 Å². The zero-order valence-corrected chi connectivity index (χ0v) is 9.83. The van der Waals surface area contributed by atoms with Crippen molar-refractivity contribution in [1.29, 1.82) is 0 Å². The van der Waals surface area contributed by atoms with Gasteiger partial charge in [-0.05, 0) is 18.2 Å². The Morgan fingerprint density at radius 1 is 1.47 bits per heavy atom. The summed E-state index contributed by atoms with van der Waals surface area (Å²) in [5.41, 5.74) is 6.44. The molecule has 1 aromatic rings. The quantitative estimate of drug-likeness (QED) is 0.716. The largest absolute Gasteiger partial charge is 0.398 e. The summed E-state index contributed by atoms with van der Waals surface area (Å²) in [6.07, 6.45) is 0. The molecule has 5 nitrogen and oxygen atoms in total. The van der Waals surface area contributed by atoms with Crippen LogP contribution in [-0.2, 0) is 4.79 Å². The lowest BCUT2D eigenvalue weighted by molar-refractivity contribution is -0.123. The van der Waals surface area contributed by atoms with Crippen molar-refractivity contribution < 1.29 is 9.59 Å². The number of anilines is 1. The van der Waals surface area contributed by atoms with Gasteiger partial charge in [-0.2, -0.15) is 0 Å². The molecule has 0 atom stereocenters. The Bertz CT molecular complexity index is 476. The van der Waals surface area contributed by atoms with Crippen LogP contribution in [0.25, 0.3) is 0 Å². The lowest BCUT2D eigenvalue weighted by atomic mass is 10.1. The van der Waals surface area contributed by atoms with Gasteiger partial charge in [0.15, 0.2) is 0 Å². The third-order valence-corrected chi connectivity index (χ3v) is 2.91. The van der Waals surface area contributed by atoms with Crippen LogP contribution in [-0.4, -0.2) is 36.3 Å². The van der Waals surface area contributed by atoms with Crippen LogP contribution in [0, 0.1) is 0 Å². The number of nitrogens with zero attached hydrogens (tertiary/aromatic N) is 1. The second-order valence-corrected chi connectivity index (χ2v) is 4.22. The molecule has 1 aromatic carbocycles.